The molecule has 0 aromatic rings. The lowest BCUT2D eigenvalue weighted by Crippen LogP contribution is -2.71. The summed E-state index contributed by atoms with van der Waals surface area (Å²) in [5.41, 5.74) is 0. The molecule has 9 saturated heterocycles. The Morgan fingerprint density at radius 2 is 0.491 bits per heavy atom. The second kappa shape index (κ2) is 40.3. The molecule has 0 aliphatic carbocycles. The number of rotatable bonds is 29. The first kappa shape index (κ1) is 92.1. The van der Waals surface area contributed by atoms with Crippen LogP contribution in [0, 0.1) is 0 Å². The highest BCUT2D eigenvalue weighted by Crippen LogP contribution is 2.40. The van der Waals surface area contributed by atoms with Crippen LogP contribution in [0.4, 0.5) is 0 Å². The van der Waals surface area contributed by atoms with E-state index >= 15 is 0 Å². The second-order valence-corrected chi connectivity index (χ2v) is 28.5. The van der Waals surface area contributed by atoms with Crippen LogP contribution in [0.3, 0.4) is 0 Å². The standard InChI is InChI=1S/C63H106N4O45/c1-15-29(64-16(2)76)38(85)49(24(10-72)97-15)106-56-30(65-17(3)77)39(86)52(27(13-75)102-56)109-61-48(95)53(110-63-55(45(92)36(83)23(9-71)101-63)112-58-32(67-19(5)79)41(88)51(26(12-74)104-58)108-60-47(94)43(90)34(81)21(7-69)99-60)37(84)28(105-61)14-96-62-54(44(91)35(82)22(8-70)100-62)111-57-31(66-18(4)78)40(87)50(25(11-73)103-57)107-59-46(93)42(89)33(80)20(6-68)98-59/h15,20-63,68-75,80-95H,6-14H2,1-5H3,(H,64,76)(H,65,77)(H,66,78)(H,67,79)/t15-,20?,21?,22?,23+,24?,25-,26?,27?,28?,29+,30-,31?,32-,33-,34-,35+,36+,37+,38?,39?,40?,41?,42?,43?,44?,45?,46-,47-,48+,49+,50+,51+,52+,53?,54+,55?,56-,57-,58-,59-,60-,61-,62-,63+/m0/s1. The van der Waals surface area contributed by atoms with Gasteiger partial charge in [-0.3, -0.25) is 19.2 Å². The molecule has 9 aliphatic rings. The first-order chi connectivity index (χ1) is 53.0. The third-order valence-electron chi connectivity index (χ3n) is 20.6. The fourth-order valence-electron chi connectivity index (χ4n) is 14.7. The molecule has 0 aromatic carbocycles. The molecule has 0 spiro atoms. The van der Waals surface area contributed by atoms with Gasteiger partial charge in [0.1, 0.15) is 213 Å². The molecule has 0 saturated carbocycles. The van der Waals surface area contributed by atoms with Crippen LogP contribution in [0.1, 0.15) is 34.6 Å². The van der Waals surface area contributed by atoms with Crippen molar-refractivity contribution < 1.29 is 222 Å². The van der Waals surface area contributed by atoms with Crippen LogP contribution in [0.2, 0.25) is 0 Å². The fourth-order valence-corrected chi connectivity index (χ4v) is 14.7. The van der Waals surface area contributed by atoms with Gasteiger partial charge in [-0.05, 0) is 6.92 Å². The minimum atomic E-state index is -2.55. The maximum absolute atomic E-state index is 13.0. The molecule has 9 heterocycles. The van der Waals surface area contributed by atoms with Gasteiger partial charge in [0.05, 0.1) is 71.6 Å². The lowest BCUT2D eigenvalue weighted by Gasteiger charge is -2.51. The number of nitrogens with one attached hydrogen (secondary N) is 4. The number of amides is 4. The van der Waals surface area contributed by atoms with Gasteiger partial charge in [0.25, 0.3) is 0 Å². The molecule has 112 heavy (non-hydrogen) atoms. The molecule has 18 unspecified atom stereocenters. The van der Waals surface area contributed by atoms with Crippen LogP contribution < -0.4 is 21.3 Å². The predicted octanol–water partition coefficient (Wildman–Crippen LogP) is -19.0. The minimum Gasteiger partial charge on any atom is -0.394 e. The molecule has 0 aromatic heterocycles. The maximum atomic E-state index is 13.0. The molecule has 648 valence electrons. The van der Waals surface area contributed by atoms with E-state index in [1.54, 1.807) is 0 Å². The summed E-state index contributed by atoms with van der Waals surface area (Å²) in [7, 11) is 0. The van der Waals surface area contributed by atoms with Gasteiger partial charge in [0.15, 0.2) is 50.3 Å². The summed E-state index contributed by atoms with van der Waals surface area (Å²) in [6.45, 7) is -4.12. The van der Waals surface area contributed by atoms with E-state index in [0.29, 0.717) is 0 Å². The Bertz CT molecular complexity index is 2970. The lowest BCUT2D eigenvalue weighted by atomic mass is 9.92. The zero-order chi connectivity index (χ0) is 82.5. The van der Waals surface area contributed by atoms with Crippen LogP contribution in [-0.4, -0.2) is 482 Å². The number of hydrogen-bond acceptors (Lipinski definition) is 45. The summed E-state index contributed by atoms with van der Waals surface area (Å²) in [5.74, 6) is -3.40. The lowest BCUT2D eigenvalue weighted by molar-refractivity contribution is -0.398. The van der Waals surface area contributed by atoms with Gasteiger partial charge >= 0.3 is 0 Å². The van der Waals surface area contributed by atoms with Crippen molar-refractivity contribution in [3.8, 4) is 0 Å². The van der Waals surface area contributed by atoms with Gasteiger partial charge in [-0.25, -0.2) is 0 Å². The van der Waals surface area contributed by atoms with Gasteiger partial charge in [0, 0.05) is 27.7 Å². The molecule has 9 rings (SSSR count). The average Bonchev–Trinajstić information content (AvgIpc) is 0.769. The number of ether oxygens (including phenoxy) is 17. The summed E-state index contributed by atoms with van der Waals surface area (Å²) in [5, 5.41) is 277. The van der Waals surface area contributed by atoms with Crippen molar-refractivity contribution in [1.82, 2.24) is 21.3 Å². The highest BCUT2D eigenvalue weighted by molar-refractivity contribution is 5.74. The number of aliphatic hydroxyl groups excluding tert-OH is 24. The van der Waals surface area contributed by atoms with Crippen molar-refractivity contribution in [2.75, 3.05) is 59.5 Å². The van der Waals surface area contributed by atoms with Gasteiger partial charge in [-0.15, -0.1) is 0 Å². The van der Waals surface area contributed by atoms with E-state index in [9.17, 15) is 142 Å². The van der Waals surface area contributed by atoms with Crippen LogP contribution in [0.15, 0.2) is 0 Å². The molecule has 0 radical (unpaired) electrons. The Morgan fingerprint density at radius 3 is 0.839 bits per heavy atom. The van der Waals surface area contributed by atoms with E-state index in [0.717, 1.165) is 27.7 Å². The Hall–Kier alpha value is -3.76. The van der Waals surface area contributed by atoms with Crippen molar-refractivity contribution in [3.05, 3.63) is 0 Å². The Kier molecular flexibility index (Phi) is 33.2. The Balaban J connectivity index is 1.05. The summed E-state index contributed by atoms with van der Waals surface area (Å²) >= 11 is 0. The second-order valence-electron chi connectivity index (χ2n) is 28.5. The van der Waals surface area contributed by atoms with Gasteiger partial charge in [0.2, 0.25) is 23.6 Å². The molecule has 45 atom stereocenters. The highest BCUT2D eigenvalue weighted by Gasteiger charge is 2.61. The predicted molar refractivity (Wildman–Crippen MR) is 347 cm³/mol. The number of aliphatic hydroxyl groups is 24. The first-order valence-corrected chi connectivity index (χ1v) is 36.0. The third-order valence-corrected chi connectivity index (χ3v) is 20.6. The molecule has 49 nitrogen and oxygen atoms in total. The summed E-state index contributed by atoms with van der Waals surface area (Å²) < 4.78 is 101. The molecule has 9 aliphatic heterocycles. The van der Waals surface area contributed by atoms with E-state index in [-0.39, 0.29) is 0 Å². The van der Waals surface area contributed by atoms with Crippen LogP contribution in [0.25, 0.3) is 0 Å². The van der Waals surface area contributed by atoms with E-state index in [4.69, 9.17) is 80.5 Å². The number of carbonyl (C=O) groups excluding carboxylic acids is 4. The van der Waals surface area contributed by atoms with Crippen molar-refractivity contribution >= 4 is 23.6 Å². The van der Waals surface area contributed by atoms with Crippen LogP contribution >= 0.6 is 0 Å². The number of carbonyl (C=O) groups is 4. The minimum absolute atomic E-state index is 0.628. The molecular weight excluding hydrogens is 1530 g/mol. The molecule has 28 N–H and O–H groups in total. The molecule has 49 heteroatoms. The largest absolute Gasteiger partial charge is 0.394 e. The third kappa shape index (κ3) is 20.2. The summed E-state index contributed by atoms with van der Waals surface area (Å²) in [6.07, 6.45) is -82.9. The molecule has 9 fully saturated rings. The highest BCUT2D eigenvalue weighted by atomic mass is 16.8. The monoisotopic (exact) mass is 1640 g/mol. The fraction of sp³-hybridized carbons (Fsp3) is 0.937. The summed E-state index contributed by atoms with van der Waals surface area (Å²) in [4.78, 5) is 51.1. The SMILES string of the molecule is CC(=O)NC1C(O)[C@H](O[C@@H]2OC(CO)[C@H](O)C(O)[C@@H]2O)[C@H](CO)O[C@H]1O[C@@H]1C(O)[C@H](O)C(CO)O[C@@H]1OCC1O[C@@H](O[C@@H]2C(CO)O[C@@H](O[C@@H]3C(CO)O[C@@H](C)[C@@H](NC(C)=O)C3O)[C@@H](NC(C)=O)C2O)[C@H](O)C(O[C@H]2O[C@H](CO)[C@@H](O)C(O)C2O[C@@H]2OC(CO)[C@@H](O[C@@H]3OC(CO)[C@H](O)C(O)[C@@H]3O)C(O)[C@@H]2NC(C)=O)[C@@H]1O. The van der Waals surface area contributed by atoms with Crippen molar-refractivity contribution in [1.29, 1.82) is 0 Å². The van der Waals surface area contributed by atoms with E-state index in [2.05, 4.69) is 21.3 Å². The zero-order valence-corrected chi connectivity index (χ0v) is 60.7. The zero-order valence-electron chi connectivity index (χ0n) is 60.7. The van der Waals surface area contributed by atoms with E-state index in [1.807, 2.05) is 0 Å². The van der Waals surface area contributed by atoms with Crippen molar-refractivity contribution in [3.63, 3.8) is 0 Å². The van der Waals surface area contributed by atoms with E-state index in [1.165, 1.54) is 6.92 Å². The number of hydrogen-bond donors (Lipinski definition) is 28. The normalized spacial score (nSPS) is 48.9. The van der Waals surface area contributed by atoms with Crippen LogP contribution in [-0.2, 0) is 99.7 Å². The van der Waals surface area contributed by atoms with Gasteiger partial charge in [-0.2, -0.15) is 0 Å². The van der Waals surface area contributed by atoms with E-state index < -0.39 is 359 Å². The average molecular weight is 1640 g/mol. The Labute approximate surface area is 635 Å². The van der Waals surface area contributed by atoms with Gasteiger partial charge in [-0.1, -0.05) is 0 Å². The first-order valence-electron chi connectivity index (χ1n) is 36.0. The summed E-state index contributed by atoms with van der Waals surface area (Å²) in [6, 6.07) is -6.90. The Morgan fingerprint density at radius 1 is 0.241 bits per heavy atom. The van der Waals surface area contributed by atoms with Crippen LogP contribution in [0.5, 0.6) is 0 Å². The van der Waals surface area contributed by atoms with Crippen molar-refractivity contribution in [2.45, 2.75) is 311 Å². The smallest absolute Gasteiger partial charge is 0.217 e. The quantitative estimate of drug-likeness (QED) is 0.0331. The van der Waals surface area contributed by atoms with Gasteiger partial charge < -0.3 is 224 Å². The topological polar surface area (TPSA) is 759 Å². The molecular formula is C63H106N4O45. The molecule has 0 bridgehead atoms. The maximum Gasteiger partial charge on any atom is 0.217 e. The molecule has 4 amide bonds. The van der Waals surface area contributed by atoms with Crippen molar-refractivity contribution in [2.24, 2.45) is 0 Å².